The molecule has 25 heavy (non-hydrogen) atoms. The van der Waals surface area contributed by atoms with Crippen molar-refractivity contribution in [1.29, 1.82) is 0 Å². The molecule has 5 nitrogen and oxygen atoms in total. The van der Waals surface area contributed by atoms with Gasteiger partial charge in [-0.2, -0.15) is 13.2 Å². The van der Waals surface area contributed by atoms with Gasteiger partial charge in [0.15, 0.2) is 0 Å². The van der Waals surface area contributed by atoms with Crippen LogP contribution in [0.5, 0.6) is 0 Å². The fourth-order valence-electron chi connectivity index (χ4n) is 3.83. The Kier molecular flexibility index (Phi) is 5.17. The monoisotopic (exact) mass is 357 g/mol. The fourth-order valence-corrected chi connectivity index (χ4v) is 3.83. The lowest BCUT2D eigenvalue weighted by atomic mass is 9.86. The molecular formula is C17H22F3N3O2. The Labute approximate surface area is 144 Å². The van der Waals surface area contributed by atoms with E-state index in [9.17, 15) is 18.0 Å². The second-order valence-corrected chi connectivity index (χ2v) is 6.76. The maximum absolute atomic E-state index is 13.1. The molecule has 0 spiro atoms. The third-order valence-corrected chi connectivity index (χ3v) is 5.20. The number of anilines is 1. The number of nitrogens with zero attached hydrogens (tertiary/aromatic N) is 2. The summed E-state index contributed by atoms with van der Waals surface area (Å²) in [5, 5.41) is 0. The molecule has 3 rings (SSSR count). The highest BCUT2D eigenvalue weighted by Crippen LogP contribution is 2.38. The van der Waals surface area contributed by atoms with E-state index in [1.165, 1.54) is 12.3 Å². The lowest BCUT2D eigenvalue weighted by Gasteiger charge is -2.36. The maximum atomic E-state index is 13.1. The Morgan fingerprint density at radius 3 is 2.68 bits per heavy atom. The number of nitrogens with two attached hydrogens (primary N) is 1. The molecule has 1 aromatic rings. The highest BCUT2D eigenvalue weighted by molar-refractivity contribution is 5.77. The number of hydrogen-bond donors (Lipinski definition) is 1. The van der Waals surface area contributed by atoms with Crippen LogP contribution in [0.2, 0.25) is 0 Å². The number of pyridine rings is 1. The predicted octanol–water partition coefficient (Wildman–Crippen LogP) is 2.60. The lowest BCUT2D eigenvalue weighted by Crippen LogP contribution is -2.37. The molecule has 1 amide bonds. The first-order chi connectivity index (χ1) is 11.9. The molecule has 2 N–H and O–H groups in total. The number of aromatic nitrogens is 1. The molecule has 0 radical (unpaired) electrons. The van der Waals surface area contributed by atoms with Crippen molar-refractivity contribution in [3.63, 3.8) is 0 Å². The molecule has 0 aliphatic carbocycles. The summed E-state index contributed by atoms with van der Waals surface area (Å²) >= 11 is 0. The summed E-state index contributed by atoms with van der Waals surface area (Å²) in [5.41, 5.74) is 4.90. The van der Waals surface area contributed by atoms with E-state index in [1.54, 1.807) is 4.90 Å². The van der Waals surface area contributed by atoms with Crippen LogP contribution in [0.1, 0.15) is 31.2 Å². The van der Waals surface area contributed by atoms with Gasteiger partial charge in [-0.1, -0.05) is 0 Å². The summed E-state index contributed by atoms with van der Waals surface area (Å²) in [5.74, 6) is -0.237. The van der Waals surface area contributed by atoms with Crippen molar-refractivity contribution >= 4 is 11.6 Å². The van der Waals surface area contributed by atoms with Gasteiger partial charge in [0.05, 0.1) is 23.3 Å². The molecule has 0 unspecified atom stereocenters. The van der Waals surface area contributed by atoms with E-state index in [2.05, 4.69) is 4.98 Å². The molecule has 138 valence electrons. The van der Waals surface area contributed by atoms with E-state index in [-0.39, 0.29) is 23.6 Å². The minimum Gasteiger partial charge on any atom is -0.377 e. The number of halogens is 3. The van der Waals surface area contributed by atoms with Crippen LogP contribution in [-0.2, 0) is 15.7 Å². The number of rotatable bonds is 4. The van der Waals surface area contributed by atoms with Gasteiger partial charge in [-0.05, 0) is 37.7 Å². The Hall–Kier alpha value is -1.83. The van der Waals surface area contributed by atoms with E-state index in [1.807, 2.05) is 0 Å². The van der Waals surface area contributed by atoms with Gasteiger partial charge < -0.3 is 15.4 Å². The molecule has 0 aromatic carbocycles. The number of alkyl halides is 3. The average Bonchev–Trinajstić information content (AvgIpc) is 3.03. The zero-order valence-electron chi connectivity index (χ0n) is 13.8. The standard InChI is InChI=1S/C17H22F3N3O2/c18-17(19,20)13-10-22-5-1-14(13)23-6-2-11(3-7-23)9-15-12(16(21)24)4-8-25-15/h1,5,10-12,15H,2-4,6-9H2,(H2,21,24)/t12-,15-/m1/s1. The van der Waals surface area contributed by atoms with Gasteiger partial charge in [0, 0.05) is 32.1 Å². The summed E-state index contributed by atoms with van der Waals surface area (Å²) in [6.07, 6.45) is 0.643. The highest BCUT2D eigenvalue weighted by Gasteiger charge is 2.37. The second-order valence-electron chi connectivity index (χ2n) is 6.76. The zero-order valence-corrected chi connectivity index (χ0v) is 13.8. The molecule has 2 fully saturated rings. The molecule has 2 atom stereocenters. The Bertz CT molecular complexity index is 615. The van der Waals surface area contributed by atoms with Gasteiger partial charge in [0.2, 0.25) is 5.91 Å². The second kappa shape index (κ2) is 7.19. The van der Waals surface area contributed by atoms with Crippen LogP contribution in [0.25, 0.3) is 0 Å². The molecule has 2 aliphatic heterocycles. The molecule has 0 bridgehead atoms. The van der Waals surface area contributed by atoms with Gasteiger partial charge in [-0.3, -0.25) is 9.78 Å². The van der Waals surface area contributed by atoms with Crippen molar-refractivity contribution in [3.05, 3.63) is 24.0 Å². The van der Waals surface area contributed by atoms with E-state index >= 15 is 0 Å². The molecule has 1 aromatic heterocycles. The third-order valence-electron chi connectivity index (χ3n) is 5.20. The summed E-state index contributed by atoms with van der Waals surface area (Å²) in [7, 11) is 0. The summed E-state index contributed by atoms with van der Waals surface area (Å²) in [6.45, 7) is 1.64. The van der Waals surface area contributed by atoms with Gasteiger partial charge in [0.1, 0.15) is 0 Å². The van der Waals surface area contributed by atoms with Gasteiger partial charge >= 0.3 is 6.18 Å². The van der Waals surface area contributed by atoms with Crippen LogP contribution in [0.15, 0.2) is 18.5 Å². The van der Waals surface area contributed by atoms with Crippen molar-refractivity contribution in [1.82, 2.24) is 4.98 Å². The number of primary amides is 1. The maximum Gasteiger partial charge on any atom is 0.419 e. The summed E-state index contributed by atoms with van der Waals surface area (Å²) in [4.78, 5) is 16.8. The van der Waals surface area contributed by atoms with Crippen LogP contribution in [0.3, 0.4) is 0 Å². The first-order valence-electron chi connectivity index (χ1n) is 8.53. The van der Waals surface area contributed by atoms with Crippen LogP contribution in [0.4, 0.5) is 18.9 Å². The van der Waals surface area contributed by atoms with Crippen LogP contribution < -0.4 is 10.6 Å². The molecular weight excluding hydrogens is 335 g/mol. The van der Waals surface area contributed by atoms with Gasteiger partial charge in [-0.25, -0.2) is 0 Å². The van der Waals surface area contributed by atoms with Crippen LogP contribution in [0, 0.1) is 11.8 Å². The fraction of sp³-hybridized carbons (Fsp3) is 0.647. The first-order valence-corrected chi connectivity index (χ1v) is 8.53. The number of carbonyl (C=O) groups is 1. The largest absolute Gasteiger partial charge is 0.419 e. The number of hydrogen-bond acceptors (Lipinski definition) is 4. The van der Waals surface area contributed by atoms with E-state index < -0.39 is 11.7 Å². The smallest absolute Gasteiger partial charge is 0.377 e. The summed E-state index contributed by atoms with van der Waals surface area (Å²) < 4.78 is 45.1. The van der Waals surface area contributed by atoms with Crippen LogP contribution in [-0.4, -0.2) is 36.7 Å². The van der Waals surface area contributed by atoms with Crippen molar-refractivity contribution in [2.24, 2.45) is 17.6 Å². The topological polar surface area (TPSA) is 68.5 Å². The van der Waals surface area contributed by atoms with Gasteiger partial charge in [0.25, 0.3) is 0 Å². The molecule has 2 aliphatic rings. The number of amides is 1. The quantitative estimate of drug-likeness (QED) is 0.899. The van der Waals surface area contributed by atoms with Crippen molar-refractivity contribution in [3.8, 4) is 0 Å². The number of ether oxygens (including phenoxy) is 1. The zero-order chi connectivity index (χ0) is 18.0. The molecule has 3 heterocycles. The minimum absolute atomic E-state index is 0.152. The van der Waals surface area contributed by atoms with Crippen molar-refractivity contribution in [2.75, 3.05) is 24.6 Å². The number of carbonyl (C=O) groups excluding carboxylic acids is 1. The predicted molar refractivity (Wildman–Crippen MR) is 85.8 cm³/mol. The van der Waals surface area contributed by atoms with Crippen molar-refractivity contribution < 1.29 is 22.7 Å². The highest BCUT2D eigenvalue weighted by atomic mass is 19.4. The Morgan fingerprint density at radius 2 is 2.04 bits per heavy atom. The molecule has 8 heteroatoms. The average molecular weight is 357 g/mol. The SMILES string of the molecule is NC(=O)[C@@H]1CCO[C@@H]1CC1CCN(c2ccncc2C(F)(F)F)CC1. The Balaban J connectivity index is 1.60. The summed E-state index contributed by atoms with van der Waals surface area (Å²) in [6, 6.07) is 1.42. The molecule has 2 saturated heterocycles. The normalized spacial score (nSPS) is 25.3. The van der Waals surface area contributed by atoms with Gasteiger partial charge in [-0.15, -0.1) is 0 Å². The van der Waals surface area contributed by atoms with Crippen LogP contribution >= 0.6 is 0 Å². The van der Waals surface area contributed by atoms with E-state index in [0.29, 0.717) is 32.0 Å². The lowest BCUT2D eigenvalue weighted by molar-refractivity contribution is -0.137. The van der Waals surface area contributed by atoms with E-state index in [4.69, 9.17) is 10.5 Å². The Morgan fingerprint density at radius 1 is 1.32 bits per heavy atom. The van der Waals surface area contributed by atoms with E-state index in [0.717, 1.165) is 25.5 Å². The number of piperidine rings is 1. The molecule has 0 saturated carbocycles. The first kappa shape index (κ1) is 18.0. The van der Waals surface area contributed by atoms with Crippen molar-refractivity contribution in [2.45, 2.75) is 38.0 Å². The third kappa shape index (κ3) is 4.05. The minimum atomic E-state index is -4.41.